The van der Waals surface area contributed by atoms with E-state index in [2.05, 4.69) is 50.6 Å². The van der Waals surface area contributed by atoms with Crippen LogP contribution in [0.2, 0.25) is 0 Å². The molecule has 2 aliphatic rings. The molecule has 0 N–H and O–H groups in total. The zero-order valence-corrected chi connectivity index (χ0v) is 13.2. The molecule has 1 atom stereocenters. The fourth-order valence-electron chi connectivity index (χ4n) is 2.78. The highest BCUT2D eigenvalue weighted by Crippen LogP contribution is 2.39. The zero-order chi connectivity index (χ0) is 13.4. The van der Waals surface area contributed by atoms with E-state index in [4.69, 9.17) is 4.98 Å². The lowest BCUT2D eigenvalue weighted by Crippen LogP contribution is -2.52. The van der Waals surface area contributed by atoms with E-state index in [1.54, 1.807) is 0 Å². The van der Waals surface area contributed by atoms with E-state index in [1.807, 2.05) is 0 Å². The summed E-state index contributed by atoms with van der Waals surface area (Å²) in [6.07, 6.45) is 2.49. The Morgan fingerprint density at radius 2 is 2.11 bits per heavy atom. The number of hydrogen-bond donors (Lipinski definition) is 0. The molecule has 1 aliphatic carbocycles. The third kappa shape index (κ3) is 2.92. The predicted molar refractivity (Wildman–Crippen MR) is 80.6 cm³/mol. The van der Waals surface area contributed by atoms with Gasteiger partial charge in [0.05, 0.1) is 0 Å². The Labute approximate surface area is 123 Å². The Morgan fingerprint density at radius 1 is 1.32 bits per heavy atom. The lowest BCUT2D eigenvalue weighted by molar-refractivity contribution is 0.199. The van der Waals surface area contributed by atoms with Crippen LogP contribution in [0, 0.1) is 0 Å². The minimum absolute atomic E-state index is 0.594. The standard InChI is InChI=1S/C14H21BrN4/c1-3-18-6-7-19(9-10(18)2)13-8-12(15)16-14(17-13)11-4-5-11/h8,10-11H,3-7,9H2,1-2H3. The molecule has 104 valence electrons. The van der Waals surface area contributed by atoms with Gasteiger partial charge in [0.2, 0.25) is 0 Å². The summed E-state index contributed by atoms with van der Waals surface area (Å²) >= 11 is 3.53. The molecule has 1 saturated heterocycles. The quantitative estimate of drug-likeness (QED) is 0.800. The highest BCUT2D eigenvalue weighted by atomic mass is 79.9. The molecule has 1 aromatic rings. The third-order valence-electron chi connectivity index (χ3n) is 4.14. The van der Waals surface area contributed by atoms with Gasteiger partial charge in [-0.15, -0.1) is 0 Å². The first-order chi connectivity index (χ1) is 9.17. The smallest absolute Gasteiger partial charge is 0.135 e. The van der Waals surface area contributed by atoms with Crippen LogP contribution in [0.1, 0.15) is 38.4 Å². The molecule has 1 aromatic heterocycles. The Hall–Kier alpha value is -0.680. The van der Waals surface area contributed by atoms with Crippen LogP contribution in [0.25, 0.3) is 0 Å². The van der Waals surface area contributed by atoms with Gasteiger partial charge in [0, 0.05) is 37.7 Å². The SMILES string of the molecule is CCN1CCN(c2cc(Br)nc(C3CC3)n2)CC1C. The molecule has 3 rings (SSSR count). The first-order valence-corrected chi connectivity index (χ1v) is 8.00. The lowest BCUT2D eigenvalue weighted by atomic mass is 10.2. The van der Waals surface area contributed by atoms with Crippen molar-refractivity contribution in [2.24, 2.45) is 0 Å². The lowest BCUT2D eigenvalue weighted by Gasteiger charge is -2.40. The van der Waals surface area contributed by atoms with Crippen LogP contribution in [0.3, 0.4) is 0 Å². The molecule has 2 heterocycles. The molecule has 2 fully saturated rings. The molecule has 0 amide bonds. The van der Waals surface area contributed by atoms with E-state index < -0.39 is 0 Å². The van der Waals surface area contributed by atoms with Crippen molar-refractivity contribution >= 4 is 21.7 Å². The van der Waals surface area contributed by atoms with Crippen molar-refractivity contribution in [1.29, 1.82) is 0 Å². The van der Waals surface area contributed by atoms with Crippen LogP contribution >= 0.6 is 15.9 Å². The minimum Gasteiger partial charge on any atom is -0.354 e. The van der Waals surface area contributed by atoms with Gasteiger partial charge in [0.15, 0.2) is 0 Å². The van der Waals surface area contributed by atoms with Crippen molar-refractivity contribution in [2.45, 2.75) is 38.6 Å². The Balaban J connectivity index is 1.78. The van der Waals surface area contributed by atoms with Crippen molar-refractivity contribution in [1.82, 2.24) is 14.9 Å². The molecule has 0 bridgehead atoms. The van der Waals surface area contributed by atoms with E-state index >= 15 is 0 Å². The number of nitrogens with zero attached hydrogens (tertiary/aromatic N) is 4. The second kappa shape index (κ2) is 5.37. The van der Waals surface area contributed by atoms with Crippen molar-refractivity contribution in [3.05, 3.63) is 16.5 Å². The summed E-state index contributed by atoms with van der Waals surface area (Å²) in [6.45, 7) is 8.91. The fourth-order valence-corrected chi connectivity index (χ4v) is 3.17. The average molecular weight is 325 g/mol. The number of piperazine rings is 1. The molecule has 0 radical (unpaired) electrons. The molecular weight excluding hydrogens is 304 g/mol. The molecule has 1 unspecified atom stereocenters. The molecule has 5 heteroatoms. The zero-order valence-electron chi connectivity index (χ0n) is 11.6. The average Bonchev–Trinajstić information content (AvgIpc) is 3.22. The summed E-state index contributed by atoms with van der Waals surface area (Å²) in [5.41, 5.74) is 0. The Kier molecular flexibility index (Phi) is 3.76. The maximum atomic E-state index is 4.77. The maximum Gasteiger partial charge on any atom is 0.135 e. The Morgan fingerprint density at radius 3 is 2.74 bits per heavy atom. The summed E-state index contributed by atoms with van der Waals surface area (Å²) in [5, 5.41) is 0. The maximum absolute atomic E-state index is 4.77. The summed E-state index contributed by atoms with van der Waals surface area (Å²) in [7, 11) is 0. The molecule has 0 aromatic carbocycles. The first-order valence-electron chi connectivity index (χ1n) is 7.21. The van der Waals surface area contributed by atoms with Crippen molar-refractivity contribution in [2.75, 3.05) is 31.1 Å². The van der Waals surface area contributed by atoms with Gasteiger partial charge >= 0.3 is 0 Å². The minimum atomic E-state index is 0.594. The monoisotopic (exact) mass is 324 g/mol. The normalized spacial score (nSPS) is 24.8. The highest BCUT2D eigenvalue weighted by molar-refractivity contribution is 9.10. The number of likely N-dealkylation sites (N-methyl/N-ethyl adjacent to an activating group) is 1. The molecule has 1 saturated carbocycles. The largest absolute Gasteiger partial charge is 0.354 e. The summed E-state index contributed by atoms with van der Waals surface area (Å²) in [6, 6.07) is 2.65. The van der Waals surface area contributed by atoms with E-state index in [0.29, 0.717) is 12.0 Å². The molecule has 4 nitrogen and oxygen atoms in total. The van der Waals surface area contributed by atoms with Crippen LogP contribution in [0.15, 0.2) is 10.7 Å². The van der Waals surface area contributed by atoms with Gasteiger partial charge in [0.1, 0.15) is 16.2 Å². The van der Waals surface area contributed by atoms with Gasteiger partial charge in [-0.25, -0.2) is 9.97 Å². The second-order valence-corrected chi connectivity index (χ2v) is 6.42. The molecule has 19 heavy (non-hydrogen) atoms. The van der Waals surface area contributed by atoms with Crippen LogP contribution < -0.4 is 4.90 Å². The Bertz CT molecular complexity index is 461. The van der Waals surface area contributed by atoms with E-state index in [-0.39, 0.29) is 0 Å². The summed E-state index contributed by atoms with van der Waals surface area (Å²) in [5.74, 6) is 2.71. The molecule has 0 spiro atoms. The summed E-state index contributed by atoms with van der Waals surface area (Å²) < 4.78 is 0.921. The van der Waals surface area contributed by atoms with Gasteiger partial charge in [-0.1, -0.05) is 6.92 Å². The van der Waals surface area contributed by atoms with Crippen molar-refractivity contribution in [3.8, 4) is 0 Å². The van der Waals surface area contributed by atoms with Crippen molar-refractivity contribution < 1.29 is 0 Å². The number of rotatable bonds is 3. The van der Waals surface area contributed by atoms with Gasteiger partial charge in [-0.2, -0.15) is 0 Å². The van der Waals surface area contributed by atoms with Gasteiger partial charge in [-0.3, -0.25) is 4.90 Å². The molecule has 1 aliphatic heterocycles. The topological polar surface area (TPSA) is 32.3 Å². The first kappa shape index (κ1) is 13.3. The van der Waals surface area contributed by atoms with Gasteiger partial charge in [-0.05, 0) is 42.2 Å². The number of aromatic nitrogens is 2. The predicted octanol–water partition coefficient (Wildman–Crippen LogP) is 2.65. The number of hydrogen-bond acceptors (Lipinski definition) is 4. The van der Waals surface area contributed by atoms with Gasteiger partial charge in [0.25, 0.3) is 0 Å². The van der Waals surface area contributed by atoms with E-state index in [9.17, 15) is 0 Å². The summed E-state index contributed by atoms with van der Waals surface area (Å²) in [4.78, 5) is 14.2. The molecular formula is C14H21BrN4. The van der Waals surface area contributed by atoms with Crippen molar-refractivity contribution in [3.63, 3.8) is 0 Å². The number of halogens is 1. The van der Waals surface area contributed by atoms with E-state index in [1.165, 1.54) is 12.8 Å². The van der Waals surface area contributed by atoms with Crippen LogP contribution in [-0.4, -0.2) is 47.1 Å². The number of anilines is 1. The van der Waals surface area contributed by atoms with Crippen LogP contribution in [0.4, 0.5) is 5.82 Å². The van der Waals surface area contributed by atoms with Crippen LogP contribution in [0.5, 0.6) is 0 Å². The highest BCUT2D eigenvalue weighted by Gasteiger charge is 2.29. The van der Waals surface area contributed by atoms with E-state index in [0.717, 1.165) is 42.4 Å². The third-order valence-corrected chi connectivity index (χ3v) is 4.54. The fraction of sp³-hybridized carbons (Fsp3) is 0.714. The second-order valence-electron chi connectivity index (χ2n) is 5.60. The van der Waals surface area contributed by atoms with Gasteiger partial charge < -0.3 is 4.90 Å². The van der Waals surface area contributed by atoms with Crippen LogP contribution in [-0.2, 0) is 0 Å².